The van der Waals surface area contributed by atoms with Gasteiger partial charge in [0.2, 0.25) is 5.56 Å². The first-order valence-corrected chi connectivity index (χ1v) is 8.58. The third-order valence-electron chi connectivity index (χ3n) is 3.18. The lowest BCUT2D eigenvalue weighted by Crippen LogP contribution is -2.44. The van der Waals surface area contributed by atoms with Gasteiger partial charge in [0, 0.05) is 25.4 Å². The van der Waals surface area contributed by atoms with E-state index in [1.54, 1.807) is 17.2 Å². The number of hydrogen-bond acceptors (Lipinski definition) is 5. The van der Waals surface area contributed by atoms with Gasteiger partial charge >= 0.3 is 6.09 Å². The summed E-state index contributed by atoms with van der Waals surface area (Å²) in [5, 5.41) is 9.38. The van der Waals surface area contributed by atoms with Crippen molar-refractivity contribution in [1.82, 2.24) is 9.88 Å². The number of carbonyl (C=O) groups excluding carboxylic acids is 1. The largest absolute Gasteiger partial charge is 0.489 e. The summed E-state index contributed by atoms with van der Waals surface area (Å²) in [6, 6.07) is 3.09. The quantitative estimate of drug-likeness (QED) is 0.851. The highest BCUT2D eigenvalue weighted by Gasteiger charge is 2.26. The summed E-state index contributed by atoms with van der Waals surface area (Å²) < 4.78 is 10.5. The van der Waals surface area contributed by atoms with Crippen molar-refractivity contribution in [1.29, 1.82) is 0 Å². The molecule has 1 unspecified atom stereocenters. The molecular weight excluding hydrogens is 324 g/mol. The fourth-order valence-corrected chi connectivity index (χ4v) is 2.19. The molecule has 1 atom stereocenters. The first kappa shape index (κ1) is 21.0. The second kappa shape index (κ2) is 9.46. The van der Waals surface area contributed by atoms with Gasteiger partial charge in [-0.05, 0) is 53.5 Å². The molecule has 0 saturated carbocycles. The van der Waals surface area contributed by atoms with E-state index in [1.165, 1.54) is 6.07 Å². The first-order chi connectivity index (χ1) is 11.6. The molecule has 7 nitrogen and oxygen atoms in total. The molecule has 0 aromatic carbocycles. The third-order valence-corrected chi connectivity index (χ3v) is 3.18. The number of rotatable bonds is 2. The molecule has 0 spiro atoms. The van der Waals surface area contributed by atoms with Crippen LogP contribution in [0.1, 0.15) is 47.5 Å². The lowest BCUT2D eigenvalue weighted by molar-refractivity contribution is 0.00391. The lowest BCUT2D eigenvalue weighted by atomic mass is 10.1. The minimum absolute atomic E-state index is 0.110. The van der Waals surface area contributed by atoms with E-state index in [-0.39, 0.29) is 17.8 Å². The molecule has 2 heterocycles. The van der Waals surface area contributed by atoms with E-state index in [9.17, 15) is 14.7 Å². The Morgan fingerprint density at radius 3 is 2.52 bits per heavy atom. The van der Waals surface area contributed by atoms with Gasteiger partial charge in [-0.3, -0.25) is 4.79 Å². The van der Waals surface area contributed by atoms with Gasteiger partial charge in [0.1, 0.15) is 11.4 Å². The number of piperidine rings is 1. The van der Waals surface area contributed by atoms with Crippen LogP contribution in [0.4, 0.5) is 4.79 Å². The highest BCUT2D eigenvalue weighted by molar-refractivity contribution is 5.68. The first-order valence-electron chi connectivity index (χ1n) is 8.58. The van der Waals surface area contributed by atoms with Gasteiger partial charge in [-0.25, -0.2) is 4.79 Å². The van der Waals surface area contributed by atoms with E-state index in [2.05, 4.69) is 4.98 Å². The molecule has 0 bridgehead atoms. The summed E-state index contributed by atoms with van der Waals surface area (Å²) in [4.78, 5) is 26.2. The van der Waals surface area contributed by atoms with Gasteiger partial charge in [-0.15, -0.1) is 0 Å². The van der Waals surface area contributed by atoms with E-state index in [0.717, 1.165) is 12.8 Å². The van der Waals surface area contributed by atoms with Crippen LogP contribution in [0.2, 0.25) is 0 Å². The molecule has 0 radical (unpaired) electrons. The van der Waals surface area contributed by atoms with Crippen LogP contribution in [-0.4, -0.2) is 52.0 Å². The van der Waals surface area contributed by atoms with E-state index in [4.69, 9.17) is 9.47 Å². The van der Waals surface area contributed by atoms with Crippen LogP contribution in [0.25, 0.3) is 0 Å². The summed E-state index contributed by atoms with van der Waals surface area (Å²) in [5.74, 6) is 0.694. The molecule has 2 N–H and O–H groups in total. The Kier molecular flexibility index (Phi) is 7.96. The number of nitrogens with one attached hydrogen (secondary N) is 1. The predicted octanol–water partition coefficient (Wildman–Crippen LogP) is 2.54. The Morgan fingerprint density at radius 2 is 2.04 bits per heavy atom. The summed E-state index contributed by atoms with van der Waals surface area (Å²) in [7, 11) is 0. The molecule has 1 aliphatic rings. The SMILES string of the molecule is CC(C)(C)OC(=O)N1CCCC(O)C1.CC(C)Oc1ccc(=O)[nH]c1. The minimum Gasteiger partial charge on any atom is -0.489 e. The fourth-order valence-electron chi connectivity index (χ4n) is 2.19. The number of nitrogens with zero attached hydrogens (tertiary/aromatic N) is 1. The van der Waals surface area contributed by atoms with Crippen molar-refractivity contribution in [3.63, 3.8) is 0 Å². The van der Waals surface area contributed by atoms with Crippen molar-refractivity contribution in [2.75, 3.05) is 13.1 Å². The van der Waals surface area contributed by atoms with Gasteiger partial charge in [-0.2, -0.15) is 0 Å². The lowest BCUT2D eigenvalue weighted by Gasteiger charge is -2.32. The molecule has 142 valence electrons. The number of H-pyrrole nitrogens is 1. The summed E-state index contributed by atoms with van der Waals surface area (Å²) in [6.45, 7) is 10.5. The highest BCUT2D eigenvalue weighted by Crippen LogP contribution is 2.15. The van der Waals surface area contributed by atoms with Gasteiger partial charge in [0.05, 0.1) is 12.2 Å². The van der Waals surface area contributed by atoms with Crippen molar-refractivity contribution >= 4 is 6.09 Å². The number of ether oxygens (including phenoxy) is 2. The molecule has 2 rings (SSSR count). The Labute approximate surface area is 148 Å². The van der Waals surface area contributed by atoms with E-state index >= 15 is 0 Å². The molecule has 1 aliphatic heterocycles. The van der Waals surface area contributed by atoms with Crippen LogP contribution in [0.15, 0.2) is 23.1 Å². The Hall–Kier alpha value is -2.02. The third kappa shape index (κ3) is 9.14. The van der Waals surface area contributed by atoms with Crippen molar-refractivity contribution in [2.45, 2.75) is 65.3 Å². The summed E-state index contributed by atoms with van der Waals surface area (Å²) >= 11 is 0. The summed E-state index contributed by atoms with van der Waals surface area (Å²) in [6.07, 6.45) is 2.61. The topological polar surface area (TPSA) is 91.9 Å². The van der Waals surface area contributed by atoms with Crippen molar-refractivity contribution in [2.24, 2.45) is 0 Å². The fraction of sp³-hybridized carbons (Fsp3) is 0.667. The average Bonchev–Trinajstić information content (AvgIpc) is 2.48. The Balaban J connectivity index is 0.000000257. The van der Waals surface area contributed by atoms with Gasteiger partial charge in [0.15, 0.2) is 0 Å². The molecule has 1 amide bonds. The molecular formula is C18H30N2O5. The van der Waals surface area contributed by atoms with Gasteiger partial charge < -0.3 is 24.5 Å². The normalized spacial score (nSPS) is 17.6. The number of aromatic nitrogens is 1. The van der Waals surface area contributed by atoms with Crippen LogP contribution in [0.5, 0.6) is 5.75 Å². The van der Waals surface area contributed by atoms with E-state index in [0.29, 0.717) is 18.8 Å². The monoisotopic (exact) mass is 354 g/mol. The van der Waals surface area contributed by atoms with Crippen molar-refractivity contribution in [3.8, 4) is 5.75 Å². The van der Waals surface area contributed by atoms with Crippen LogP contribution < -0.4 is 10.3 Å². The van der Waals surface area contributed by atoms with Crippen LogP contribution in [-0.2, 0) is 4.74 Å². The average molecular weight is 354 g/mol. The van der Waals surface area contributed by atoms with Crippen LogP contribution in [0, 0.1) is 0 Å². The second-order valence-corrected chi connectivity index (χ2v) is 7.28. The molecule has 0 aliphatic carbocycles. The minimum atomic E-state index is -0.459. The predicted molar refractivity (Wildman–Crippen MR) is 95.9 cm³/mol. The van der Waals surface area contributed by atoms with Crippen LogP contribution in [0.3, 0.4) is 0 Å². The molecule has 25 heavy (non-hydrogen) atoms. The van der Waals surface area contributed by atoms with Gasteiger partial charge in [-0.1, -0.05) is 0 Å². The maximum Gasteiger partial charge on any atom is 0.410 e. The number of likely N-dealkylation sites (tertiary alicyclic amines) is 1. The number of carbonyl (C=O) groups is 1. The smallest absolute Gasteiger partial charge is 0.410 e. The van der Waals surface area contributed by atoms with Crippen molar-refractivity contribution in [3.05, 3.63) is 28.7 Å². The number of pyridine rings is 1. The number of aliphatic hydroxyl groups excluding tert-OH is 1. The molecule has 1 aromatic heterocycles. The highest BCUT2D eigenvalue weighted by atomic mass is 16.6. The van der Waals surface area contributed by atoms with Gasteiger partial charge in [0.25, 0.3) is 0 Å². The zero-order chi connectivity index (χ0) is 19.0. The standard InChI is InChI=1S/C10H19NO3.C8H11NO2/c1-10(2,3)14-9(13)11-6-4-5-8(12)7-11;1-6(2)11-7-3-4-8(10)9-5-7/h8,12H,4-7H2,1-3H3;3-6H,1-2H3,(H,9,10). The number of aliphatic hydroxyl groups is 1. The number of amides is 1. The molecule has 7 heteroatoms. The maximum absolute atomic E-state index is 11.6. The van der Waals surface area contributed by atoms with Crippen LogP contribution >= 0.6 is 0 Å². The number of hydrogen-bond donors (Lipinski definition) is 2. The zero-order valence-electron chi connectivity index (χ0n) is 15.7. The number of aromatic amines is 1. The van der Waals surface area contributed by atoms with E-state index < -0.39 is 11.7 Å². The van der Waals surface area contributed by atoms with Crippen molar-refractivity contribution < 1.29 is 19.4 Å². The zero-order valence-corrected chi connectivity index (χ0v) is 15.7. The molecule has 1 fully saturated rings. The molecule has 1 saturated heterocycles. The maximum atomic E-state index is 11.6. The molecule has 1 aromatic rings. The Bertz CT molecular complexity index is 571. The Morgan fingerprint density at radius 1 is 1.36 bits per heavy atom. The number of β-amino-alcohol motifs (C(OH)–C–C–N with tert-alkyl or cyclic N) is 1. The van der Waals surface area contributed by atoms with E-state index in [1.807, 2.05) is 34.6 Å². The summed E-state index contributed by atoms with van der Waals surface area (Å²) in [5.41, 5.74) is -0.569. The second-order valence-electron chi connectivity index (χ2n) is 7.28.